The predicted octanol–water partition coefficient (Wildman–Crippen LogP) is 0.468. The lowest BCUT2D eigenvalue weighted by Crippen LogP contribution is -2.13. The molecule has 0 spiro atoms. The number of aliphatic hydroxyl groups excluding tert-OH is 1. The van der Waals surface area contributed by atoms with Crippen LogP contribution in [0.25, 0.3) is 0 Å². The molecule has 0 aromatic carbocycles. The number of hydrogen-bond acceptors (Lipinski definition) is 4. The first-order valence-electron chi connectivity index (χ1n) is 4.16. The molecule has 1 aromatic heterocycles. The second-order valence-corrected chi connectivity index (χ2v) is 5.53. The Morgan fingerprint density at radius 2 is 2.21 bits per heavy atom. The first-order valence-corrected chi connectivity index (χ1v) is 6.22. The summed E-state index contributed by atoms with van der Waals surface area (Å²) in [5, 5.41) is 9.62. The summed E-state index contributed by atoms with van der Waals surface area (Å²) in [5.41, 5.74) is 1.41. The molecule has 0 saturated carbocycles. The SMILES string of the molecule is Cc1ccncc1C(O)CS(C)(=O)=O. The van der Waals surface area contributed by atoms with Gasteiger partial charge >= 0.3 is 0 Å². The Morgan fingerprint density at radius 3 is 2.71 bits per heavy atom. The first-order chi connectivity index (χ1) is 6.40. The molecule has 0 saturated heterocycles. The highest BCUT2D eigenvalue weighted by Crippen LogP contribution is 2.17. The van der Waals surface area contributed by atoms with Crippen molar-refractivity contribution in [3.63, 3.8) is 0 Å². The summed E-state index contributed by atoms with van der Waals surface area (Å²) >= 11 is 0. The van der Waals surface area contributed by atoms with Crippen LogP contribution in [0.5, 0.6) is 0 Å². The first kappa shape index (κ1) is 11.1. The molecule has 5 heteroatoms. The molecular formula is C9H13NO3S. The normalized spacial score (nSPS) is 13.9. The van der Waals surface area contributed by atoms with Gasteiger partial charge in [0.25, 0.3) is 0 Å². The third-order valence-electron chi connectivity index (χ3n) is 1.90. The average molecular weight is 215 g/mol. The fraction of sp³-hybridized carbons (Fsp3) is 0.444. The lowest BCUT2D eigenvalue weighted by Gasteiger charge is -2.11. The number of aromatic nitrogens is 1. The van der Waals surface area contributed by atoms with E-state index in [1.54, 1.807) is 12.3 Å². The maximum absolute atomic E-state index is 10.9. The Morgan fingerprint density at radius 1 is 1.57 bits per heavy atom. The molecule has 1 atom stereocenters. The van der Waals surface area contributed by atoms with Crippen molar-refractivity contribution in [1.82, 2.24) is 4.98 Å². The van der Waals surface area contributed by atoms with Gasteiger partial charge in [0.15, 0.2) is 0 Å². The number of nitrogens with zero attached hydrogens (tertiary/aromatic N) is 1. The fourth-order valence-electron chi connectivity index (χ4n) is 1.20. The lowest BCUT2D eigenvalue weighted by atomic mass is 10.1. The van der Waals surface area contributed by atoms with Gasteiger partial charge < -0.3 is 5.11 Å². The molecule has 1 rings (SSSR count). The molecular weight excluding hydrogens is 202 g/mol. The molecule has 4 nitrogen and oxygen atoms in total. The Hall–Kier alpha value is -0.940. The standard InChI is InChI=1S/C9H13NO3S/c1-7-3-4-10-5-8(7)9(11)6-14(2,12)13/h3-5,9,11H,6H2,1-2H3. The Kier molecular flexibility index (Phi) is 3.23. The Labute approximate surface area is 83.5 Å². The monoisotopic (exact) mass is 215 g/mol. The third kappa shape index (κ3) is 3.08. The maximum Gasteiger partial charge on any atom is 0.150 e. The zero-order chi connectivity index (χ0) is 10.8. The minimum absolute atomic E-state index is 0.264. The minimum atomic E-state index is -3.17. The Balaban J connectivity index is 2.90. The van der Waals surface area contributed by atoms with Gasteiger partial charge in [0.05, 0.1) is 11.9 Å². The largest absolute Gasteiger partial charge is 0.387 e. The number of pyridine rings is 1. The highest BCUT2D eigenvalue weighted by atomic mass is 32.2. The summed E-state index contributed by atoms with van der Waals surface area (Å²) in [4.78, 5) is 3.84. The number of rotatable bonds is 3. The van der Waals surface area contributed by atoms with Crippen LogP contribution >= 0.6 is 0 Å². The van der Waals surface area contributed by atoms with Crippen LogP contribution in [0.1, 0.15) is 17.2 Å². The van der Waals surface area contributed by atoms with Crippen LogP contribution in [0.15, 0.2) is 18.5 Å². The average Bonchev–Trinajstić information content (AvgIpc) is 2.01. The molecule has 78 valence electrons. The van der Waals surface area contributed by atoms with E-state index in [4.69, 9.17) is 0 Å². The van der Waals surface area contributed by atoms with E-state index in [1.807, 2.05) is 6.92 Å². The molecule has 0 fully saturated rings. The van der Waals surface area contributed by atoms with E-state index in [1.165, 1.54) is 6.20 Å². The smallest absolute Gasteiger partial charge is 0.150 e. The van der Waals surface area contributed by atoms with Gasteiger partial charge in [-0.05, 0) is 18.6 Å². The molecule has 1 unspecified atom stereocenters. The van der Waals surface area contributed by atoms with E-state index in [2.05, 4.69) is 4.98 Å². The van der Waals surface area contributed by atoms with Crippen molar-refractivity contribution in [1.29, 1.82) is 0 Å². The van der Waals surface area contributed by atoms with Crippen molar-refractivity contribution in [3.8, 4) is 0 Å². The van der Waals surface area contributed by atoms with Crippen molar-refractivity contribution >= 4 is 9.84 Å². The minimum Gasteiger partial charge on any atom is -0.387 e. The van der Waals surface area contributed by atoms with Gasteiger partial charge in [-0.3, -0.25) is 4.98 Å². The Bertz CT molecular complexity index is 414. The van der Waals surface area contributed by atoms with Crippen molar-refractivity contribution in [2.75, 3.05) is 12.0 Å². The van der Waals surface area contributed by atoms with Gasteiger partial charge in [-0.25, -0.2) is 8.42 Å². The third-order valence-corrected chi connectivity index (χ3v) is 2.82. The molecule has 14 heavy (non-hydrogen) atoms. The van der Waals surface area contributed by atoms with Crippen molar-refractivity contribution in [3.05, 3.63) is 29.6 Å². The second-order valence-electron chi connectivity index (χ2n) is 3.34. The summed E-state index contributed by atoms with van der Waals surface area (Å²) in [5.74, 6) is -0.264. The number of aliphatic hydroxyl groups is 1. The summed E-state index contributed by atoms with van der Waals surface area (Å²) in [6.45, 7) is 1.81. The lowest BCUT2D eigenvalue weighted by molar-refractivity contribution is 0.200. The van der Waals surface area contributed by atoms with Crippen LogP contribution in [0.3, 0.4) is 0 Å². The maximum atomic E-state index is 10.9. The van der Waals surface area contributed by atoms with Gasteiger partial charge in [-0.2, -0.15) is 0 Å². The van der Waals surface area contributed by atoms with E-state index in [9.17, 15) is 13.5 Å². The summed E-state index contributed by atoms with van der Waals surface area (Å²) in [6, 6.07) is 1.74. The summed E-state index contributed by atoms with van der Waals surface area (Å²) in [6.07, 6.45) is 3.21. The van der Waals surface area contributed by atoms with Crippen molar-refractivity contribution in [2.24, 2.45) is 0 Å². The quantitative estimate of drug-likeness (QED) is 0.795. The van der Waals surface area contributed by atoms with Crippen LogP contribution in [0.4, 0.5) is 0 Å². The zero-order valence-electron chi connectivity index (χ0n) is 8.14. The van der Waals surface area contributed by atoms with Crippen LogP contribution < -0.4 is 0 Å². The van der Waals surface area contributed by atoms with E-state index in [0.717, 1.165) is 11.8 Å². The van der Waals surface area contributed by atoms with Gasteiger partial charge in [-0.1, -0.05) is 0 Å². The van der Waals surface area contributed by atoms with E-state index >= 15 is 0 Å². The topological polar surface area (TPSA) is 67.3 Å². The fourth-order valence-corrected chi connectivity index (χ4v) is 1.95. The molecule has 1 aromatic rings. The highest BCUT2D eigenvalue weighted by molar-refractivity contribution is 7.90. The molecule has 0 bridgehead atoms. The number of aryl methyl sites for hydroxylation is 1. The van der Waals surface area contributed by atoms with E-state index in [-0.39, 0.29) is 5.75 Å². The number of hydrogen-bond donors (Lipinski definition) is 1. The molecule has 0 aliphatic rings. The van der Waals surface area contributed by atoms with Gasteiger partial charge in [-0.15, -0.1) is 0 Å². The van der Waals surface area contributed by atoms with Crippen molar-refractivity contribution in [2.45, 2.75) is 13.0 Å². The molecule has 0 aliphatic carbocycles. The summed E-state index contributed by atoms with van der Waals surface area (Å²) < 4.78 is 21.9. The van der Waals surface area contributed by atoms with Gasteiger partial charge in [0, 0.05) is 24.2 Å². The van der Waals surface area contributed by atoms with Gasteiger partial charge in [0.1, 0.15) is 9.84 Å². The zero-order valence-corrected chi connectivity index (χ0v) is 8.95. The van der Waals surface area contributed by atoms with E-state index in [0.29, 0.717) is 5.56 Å². The predicted molar refractivity (Wildman–Crippen MR) is 53.6 cm³/mol. The second kappa shape index (κ2) is 4.06. The van der Waals surface area contributed by atoms with Crippen LogP contribution in [-0.2, 0) is 9.84 Å². The van der Waals surface area contributed by atoms with Crippen LogP contribution in [-0.4, -0.2) is 30.5 Å². The van der Waals surface area contributed by atoms with Crippen molar-refractivity contribution < 1.29 is 13.5 Å². The molecule has 0 amide bonds. The number of sulfone groups is 1. The molecule has 0 radical (unpaired) electrons. The summed E-state index contributed by atoms with van der Waals surface area (Å²) in [7, 11) is -3.17. The molecule has 1 heterocycles. The van der Waals surface area contributed by atoms with Gasteiger partial charge in [0.2, 0.25) is 0 Å². The van der Waals surface area contributed by atoms with E-state index < -0.39 is 15.9 Å². The van der Waals surface area contributed by atoms with Crippen LogP contribution in [0.2, 0.25) is 0 Å². The molecule has 1 N–H and O–H groups in total. The molecule has 0 aliphatic heterocycles. The highest BCUT2D eigenvalue weighted by Gasteiger charge is 2.15. The van der Waals surface area contributed by atoms with Crippen LogP contribution in [0, 0.1) is 6.92 Å².